The first-order chi connectivity index (χ1) is 16.9. The zero-order valence-electron chi connectivity index (χ0n) is 19.2. The minimum Gasteiger partial charge on any atom is -0.121 e. The summed E-state index contributed by atoms with van der Waals surface area (Å²) in [4.78, 5) is 0. The molecule has 0 saturated carbocycles. The number of rotatable bonds is 6. The first kappa shape index (κ1) is 28.6. The van der Waals surface area contributed by atoms with Gasteiger partial charge in [0.1, 0.15) is 6.82 Å². The van der Waals surface area contributed by atoms with E-state index in [1.807, 2.05) is 47.0 Å². The Kier molecular flexibility index (Phi) is 9.68. The maximum Gasteiger partial charge on any atom is 0.126 e. The Morgan fingerprint density at radius 1 is 0.571 bits per heavy atom. The molecule has 186 valence electrons. The van der Waals surface area contributed by atoms with Crippen molar-refractivity contribution in [1.29, 1.82) is 0 Å². The Labute approximate surface area is 263 Å². The lowest BCUT2D eigenvalue weighted by Gasteiger charge is -2.34. The highest BCUT2D eigenvalue weighted by Gasteiger charge is 2.68. The van der Waals surface area contributed by atoms with Gasteiger partial charge in [0, 0.05) is 20.8 Å². The van der Waals surface area contributed by atoms with E-state index >= 15 is 0 Å². The van der Waals surface area contributed by atoms with Crippen molar-refractivity contribution in [2.45, 2.75) is 18.7 Å². The molecular weight excluding hydrogens is 737 g/mol. The third-order valence-corrected chi connectivity index (χ3v) is 21.4. The van der Waals surface area contributed by atoms with E-state index in [1.54, 1.807) is 0 Å². The summed E-state index contributed by atoms with van der Waals surface area (Å²) in [5, 5.41) is 0. The van der Waals surface area contributed by atoms with Crippen LogP contribution < -0.4 is 0 Å². The van der Waals surface area contributed by atoms with Gasteiger partial charge in [-0.15, -0.1) is 58.8 Å². The van der Waals surface area contributed by atoms with E-state index in [2.05, 4.69) is 164 Å². The van der Waals surface area contributed by atoms with E-state index in [0.717, 1.165) is 0 Å². The maximum absolute atomic E-state index is 3.97. The van der Waals surface area contributed by atoms with Crippen LogP contribution >= 0.6 is 138 Å². The van der Waals surface area contributed by atoms with Crippen LogP contribution in [0.25, 0.3) is 0 Å². The number of hydrogen-bond donors (Lipinski definition) is 0. The van der Waals surface area contributed by atoms with Crippen molar-refractivity contribution in [2.24, 2.45) is 0 Å². The summed E-state index contributed by atoms with van der Waals surface area (Å²) in [5.41, 5.74) is 2.81. The molecule has 3 aliphatic heterocycles. The van der Waals surface area contributed by atoms with Gasteiger partial charge < -0.3 is 0 Å². The summed E-state index contributed by atoms with van der Waals surface area (Å²) in [6.45, 7) is 0. The minimum absolute atomic E-state index is 0.0438. The Balaban J connectivity index is 1.75. The van der Waals surface area contributed by atoms with Crippen LogP contribution in [0.15, 0.2) is 74.4 Å². The lowest BCUT2D eigenvalue weighted by atomic mass is 9.83. The average Bonchev–Trinajstić information content (AvgIpc) is 3.50. The van der Waals surface area contributed by atoms with Gasteiger partial charge in [-0.2, -0.15) is 0 Å². The Morgan fingerprint density at radius 2 is 0.886 bits per heavy atom. The molecule has 35 heavy (non-hydrogen) atoms. The number of hydrogen-bond acceptors (Lipinski definition) is 9. The molecule has 3 heterocycles. The largest absolute Gasteiger partial charge is 0.126 e. The lowest BCUT2D eigenvalue weighted by molar-refractivity contribution is 0.606. The molecule has 1 saturated heterocycles. The summed E-state index contributed by atoms with van der Waals surface area (Å²) < 4.78 is 8.18. The van der Waals surface area contributed by atoms with Gasteiger partial charge in [0.25, 0.3) is 0 Å². The average molecular weight is 759 g/mol. The van der Waals surface area contributed by atoms with Crippen LogP contribution in [0, 0.1) is 0 Å². The second-order valence-corrected chi connectivity index (χ2v) is 21.8. The van der Waals surface area contributed by atoms with Crippen molar-refractivity contribution in [1.82, 2.24) is 0 Å². The highest BCUT2D eigenvalue weighted by molar-refractivity contribution is 9.10. The Hall–Kier alpha value is 2.03. The van der Waals surface area contributed by atoms with Crippen LogP contribution in [-0.4, -0.2) is 31.8 Å². The number of thioether (sulfide) groups is 9. The molecule has 3 aliphatic rings. The van der Waals surface area contributed by atoms with E-state index in [1.165, 1.54) is 37.0 Å². The van der Waals surface area contributed by atoms with Gasteiger partial charge in [-0.25, -0.2) is 0 Å². The molecule has 0 nitrogen and oxygen atoms in total. The first-order valence-electron chi connectivity index (χ1n) is 10.5. The van der Waals surface area contributed by atoms with Crippen LogP contribution in [0.1, 0.15) is 23.0 Å². The van der Waals surface area contributed by atoms with E-state index in [-0.39, 0.29) is 6.82 Å². The van der Waals surface area contributed by atoms with Crippen LogP contribution in [-0.2, 0) is 0 Å². The molecule has 0 aromatic heterocycles. The quantitative estimate of drug-likeness (QED) is 0.280. The molecule has 2 atom stereocenters. The van der Waals surface area contributed by atoms with Crippen molar-refractivity contribution in [2.75, 3.05) is 25.0 Å². The van der Waals surface area contributed by atoms with Gasteiger partial charge in [0.15, 0.2) is 0 Å². The van der Waals surface area contributed by atoms with E-state index in [9.17, 15) is 0 Å². The SMILES string of the molecule is CSC1=C(SC)SC2(S1)SC1(SC(SC)=C(SC)S1)[C@@H](c1ccccc1Br)[C@@H]2c1ccccc1Br. The maximum atomic E-state index is 3.97. The molecule has 0 radical (unpaired) electrons. The van der Waals surface area contributed by atoms with E-state index < -0.39 is 0 Å². The van der Waals surface area contributed by atoms with Crippen molar-refractivity contribution in [3.8, 4) is 0 Å². The highest BCUT2D eigenvalue weighted by Crippen LogP contribution is 2.86. The molecular formula is C24H22Br2S9. The number of halogens is 2. The molecule has 1 fully saturated rings. The Bertz CT molecular complexity index is 1070. The summed E-state index contributed by atoms with van der Waals surface area (Å²) in [5.74, 6) is 0.626. The molecule has 2 aromatic rings. The van der Waals surface area contributed by atoms with Crippen LogP contribution in [0.2, 0.25) is 0 Å². The molecule has 0 amide bonds. The van der Waals surface area contributed by atoms with Crippen molar-refractivity contribution in [3.63, 3.8) is 0 Å². The monoisotopic (exact) mass is 756 g/mol. The van der Waals surface area contributed by atoms with Gasteiger partial charge in [-0.05, 0) is 48.3 Å². The zero-order valence-corrected chi connectivity index (χ0v) is 29.7. The third-order valence-electron chi connectivity index (χ3n) is 5.87. The fourth-order valence-electron chi connectivity index (χ4n) is 4.49. The van der Waals surface area contributed by atoms with Gasteiger partial charge >= 0.3 is 0 Å². The topological polar surface area (TPSA) is 0 Å². The van der Waals surface area contributed by atoms with Crippen molar-refractivity contribution >= 4 is 138 Å². The minimum atomic E-state index is -0.0438. The van der Waals surface area contributed by atoms with Crippen molar-refractivity contribution in [3.05, 3.63) is 85.6 Å². The lowest BCUT2D eigenvalue weighted by Crippen LogP contribution is -2.26. The zero-order chi connectivity index (χ0) is 24.8. The van der Waals surface area contributed by atoms with E-state index in [4.69, 9.17) is 0 Å². The fourth-order valence-corrected chi connectivity index (χ4v) is 22.7. The molecule has 5 rings (SSSR count). The molecule has 0 bridgehead atoms. The molecule has 0 N–H and O–H groups in total. The predicted octanol–water partition coefficient (Wildman–Crippen LogP) is 11.8. The third kappa shape index (κ3) is 5.15. The fraction of sp³-hybridized carbons (Fsp3) is 0.333. The van der Waals surface area contributed by atoms with Crippen LogP contribution in [0.5, 0.6) is 0 Å². The van der Waals surface area contributed by atoms with Gasteiger partial charge in [-0.1, -0.05) is 115 Å². The standard InChI is InChI=1S/C24H22Br2S9/c1-27-19-20(28-2)32-23(31-19)17(13-9-5-7-11-15(13)25)18(14-10-6-8-12-16(14)26)24(35-23)33-21(29-3)22(30-4)34-24/h5-12,17-18H,1-4H3/t17-,18-/m0/s1. The smallest absolute Gasteiger partial charge is 0.121 e. The molecule has 2 aromatic carbocycles. The van der Waals surface area contributed by atoms with Crippen LogP contribution in [0.3, 0.4) is 0 Å². The van der Waals surface area contributed by atoms with Crippen molar-refractivity contribution < 1.29 is 0 Å². The van der Waals surface area contributed by atoms with Gasteiger partial charge in [0.2, 0.25) is 0 Å². The van der Waals surface area contributed by atoms with Gasteiger partial charge in [0.05, 0.1) is 16.9 Å². The first-order valence-corrected chi connectivity index (χ1v) is 21.1. The highest BCUT2D eigenvalue weighted by atomic mass is 79.9. The molecule has 0 aliphatic carbocycles. The molecule has 2 spiro atoms. The molecule has 11 heteroatoms. The summed E-state index contributed by atoms with van der Waals surface area (Å²) in [6, 6.07) is 17.8. The predicted molar refractivity (Wildman–Crippen MR) is 185 cm³/mol. The summed E-state index contributed by atoms with van der Waals surface area (Å²) in [7, 11) is 0. The summed E-state index contributed by atoms with van der Waals surface area (Å²) >= 11 is 26.2. The number of benzene rings is 2. The second kappa shape index (κ2) is 11.9. The summed E-state index contributed by atoms with van der Waals surface area (Å²) in [6.07, 6.45) is 8.91. The van der Waals surface area contributed by atoms with Crippen LogP contribution in [0.4, 0.5) is 0 Å². The second-order valence-electron chi connectivity index (χ2n) is 7.68. The molecule has 0 unspecified atom stereocenters. The van der Waals surface area contributed by atoms with Gasteiger partial charge in [-0.3, -0.25) is 0 Å². The Morgan fingerprint density at radius 3 is 1.17 bits per heavy atom. The van der Waals surface area contributed by atoms with E-state index in [0.29, 0.717) is 11.8 Å². The normalized spacial score (nSPS) is 25.0.